The number of hydrogen-bond acceptors (Lipinski definition) is 1. The third-order valence-electron chi connectivity index (χ3n) is 3.81. The average molecular weight is 274 g/mol. The molecule has 0 radical (unpaired) electrons. The Hall–Kier alpha value is -1.08. The van der Waals surface area contributed by atoms with E-state index in [1.807, 2.05) is 24.3 Å². The summed E-state index contributed by atoms with van der Waals surface area (Å²) in [5.74, 6) is 0. The van der Waals surface area contributed by atoms with Crippen LogP contribution in [0.2, 0.25) is 0 Å². The van der Waals surface area contributed by atoms with Gasteiger partial charge in [0.2, 0.25) is 0 Å². The van der Waals surface area contributed by atoms with Crippen molar-refractivity contribution in [2.75, 3.05) is 0 Å². The van der Waals surface area contributed by atoms with Crippen molar-refractivity contribution in [3.8, 4) is 0 Å². The Morgan fingerprint density at radius 2 is 1.45 bits per heavy atom. The van der Waals surface area contributed by atoms with E-state index in [2.05, 4.69) is 32.1 Å². The smallest absolute Gasteiger partial charge is 0.0830 e. The van der Waals surface area contributed by atoms with Crippen LogP contribution in [0.1, 0.15) is 70.8 Å². The van der Waals surface area contributed by atoms with Crippen molar-refractivity contribution in [3.63, 3.8) is 0 Å². The summed E-state index contributed by atoms with van der Waals surface area (Å²) >= 11 is 0. The molecule has 1 rings (SSSR count). The van der Waals surface area contributed by atoms with Crippen molar-refractivity contribution < 1.29 is 5.11 Å². The Kier molecular flexibility index (Phi) is 8.29. The zero-order chi connectivity index (χ0) is 14.7. The minimum atomic E-state index is -0.625. The van der Waals surface area contributed by atoms with Gasteiger partial charge in [-0.15, -0.1) is 0 Å². The molecule has 1 nitrogen and oxygen atoms in total. The number of aliphatic hydroxyl groups is 1. The van der Waals surface area contributed by atoms with Gasteiger partial charge in [0.05, 0.1) is 5.60 Å². The van der Waals surface area contributed by atoms with E-state index in [9.17, 15) is 5.11 Å². The second kappa shape index (κ2) is 9.77. The van der Waals surface area contributed by atoms with E-state index in [4.69, 9.17) is 0 Å². The van der Waals surface area contributed by atoms with E-state index in [0.717, 1.165) is 31.2 Å². The van der Waals surface area contributed by atoms with Crippen LogP contribution in [0.4, 0.5) is 0 Å². The first kappa shape index (κ1) is 17.0. The average Bonchev–Trinajstić information content (AvgIpc) is 2.47. The Morgan fingerprint density at radius 1 is 0.900 bits per heavy atom. The van der Waals surface area contributed by atoms with Crippen molar-refractivity contribution in [3.05, 3.63) is 42.0 Å². The lowest BCUT2D eigenvalue weighted by Crippen LogP contribution is -2.25. The molecule has 0 aliphatic carbocycles. The van der Waals surface area contributed by atoms with E-state index >= 15 is 0 Å². The molecule has 0 aliphatic rings. The number of hydrogen-bond donors (Lipinski definition) is 1. The van der Waals surface area contributed by atoms with E-state index in [1.54, 1.807) is 0 Å². The first-order valence-electron chi connectivity index (χ1n) is 8.17. The number of rotatable bonds is 10. The summed E-state index contributed by atoms with van der Waals surface area (Å²) in [6, 6.07) is 10.2. The molecule has 0 unspecified atom stereocenters. The summed E-state index contributed by atoms with van der Waals surface area (Å²) in [7, 11) is 0. The van der Waals surface area contributed by atoms with Crippen molar-refractivity contribution >= 4 is 6.08 Å². The van der Waals surface area contributed by atoms with E-state index in [1.165, 1.54) is 25.7 Å². The van der Waals surface area contributed by atoms with Gasteiger partial charge in [0.25, 0.3) is 0 Å². The molecule has 0 fully saturated rings. The van der Waals surface area contributed by atoms with Gasteiger partial charge in [-0.25, -0.2) is 0 Å². The minimum absolute atomic E-state index is 0.625. The highest BCUT2D eigenvalue weighted by Gasteiger charge is 2.22. The van der Waals surface area contributed by atoms with Crippen LogP contribution >= 0.6 is 0 Å². The van der Waals surface area contributed by atoms with Gasteiger partial charge < -0.3 is 5.11 Å². The quantitative estimate of drug-likeness (QED) is 0.551. The van der Waals surface area contributed by atoms with Crippen LogP contribution < -0.4 is 0 Å². The molecule has 0 saturated carbocycles. The molecule has 0 amide bonds. The van der Waals surface area contributed by atoms with Gasteiger partial charge in [-0.2, -0.15) is 0 Å². The van der Waals surface area contributed by atoms with Crippen LogP contribution in [0.25, 0.3) is 6.08 Å². The highest BCUT2D eigenvalue weighted by Crippen LogP contribution is 2.25. The Bertz CT molecular complexity index is 357. The van der Waals surface area contributed by atoms with Crippen LogP contribution in [0.15, 0.2) is 36.4 Å². The van der Waals surface area contributed by atoms with Gasteiger partial charge in [0, 0.05) is 0 Å². The first-order valence-corrected chi connectivity index (χ1v) is 8.17. The number of benzene rings is 1. The van der Waals surface area contributed by atoms with Crippen LogP contribution in [0.5, 0.6) is 0 Å². The summed E-state index contributed by atoms with van der Waals surface area (Å²) in [5.41, 5.74) is 0.539. The second-order valence-corrected chi connectivity index (χ2v) is 5.76. The first-order chi connectivity index (χ1) is 9.70. The summed E-state index contributed by atoms with van der Waals surface area (Å²) in [5, 5.41) is 10.8. The normalized spacial score (nSPS) is 12.2. The Morgan fingerprint density at radius 3 is 1.95 bits per heavy atom. The molecule has 1 heteroatoms. The lowest BCUT2D eigenvalue weighted by Gasteiger charge is -2.25. The van der Waals surface area contributed by atoms with Crippen molar-refractivity contribution in [2.24, 2.45) is 0 Å². The summed E-state index contributed by atoms with van der Waals surface area (Å²) in [6.45, 7) is 4.41. The molecule has 20 heavy (non-hydrogen) atoms. The largest absolute Gasteiger partial charge is 0.386 e. The maximum absolute atomic E-state index is 10.8. The van der Waals surface area contributed by atoms with Gasteiger partial charge >= 0.3 is 0 Å². The second-order valence-electron chi connectivity index (χ2n) is 5.76. The van der Waals surface area contributed by atoms with Crippen LogP contribution in [0, 0.1) is 0 Å². The molecular formula is C19H30O. The van der Waals surface area contributed by atoms with E-state index in [0.29, 0.717) is 0 Å². The van der Waals surface area contributed by atoms with Crippen molar-refractivity contribution in [1.82, 2.24) is 0 Å². The van der Waals surface area contributed by atoms with Crippen molar-refractivity contribution in [1.29, 1.82) is 0 Å². The summed E-state index contributed by atoms with van der Waals surface area (Å²) in [4.78, 5) is 0. The van der Waals surface area contributed by atoms with Gasteiger partial charge in [-0.05, 0) is 18.4 Å². The Balaban J connectivity index is 2.62. The molecule has 112 valence electrons. The molecular weight excluding hydrogens is 244 g/mol. The standard InChI is InChI=1S/C19H30O/c1-3-5-10-15-19(20,16-11-6-4-2)17-14-18-12-8-7-9-13-18/h7-9,12-14,17,20H,3-6,10-11,15-16H2,1-2H3/b17-14+. The minimum Gasteiger partial charge on any atom is -0.386 e. The van der Waals surface area contributed by atoms with Crippen LogP contribution in [-0.2, 0) is 0 Å². The lowest BCUT2D eigenvalue weighted by molar-refractivity contribution is 0.0674. The predicted octanol–water partition coefficient (Wildman–Crippen LogP) is 5.59. The molecule has 1 N–H and O–H groups in total. The fourth-order valence-electron chi connectivity index (χ4n) is 2.47. The molecule has 0 bridgehead atoms. The van der Waals surface area contributed by atoms with Gasteiger partial charge in [-0.1, -0.05) is 94.9 Å². The maximum atomic E-state index is 10.8. The third-order valence-corrected chi connectivity index (χ3v) is 3.81. The van der Waals surface area contributed by atoms with Crippen LogP contribution in [0.3, 0.4) is 0 Å². The van der Waals surface area contributed by atoms with Crippen molar-refractivity contribution in [2.45, 2.75) is 70.8 Å². The fourth-order valence-corrected chi connectivity index (χ4v) is 2.47. The third kappa shape index (κ3) is 6.91. The van der Waals surface area contributed by atoms with E-state index in [-0.39, 0.29) is 0 Å². The number of unbranched alkanes of at least 4 members (excludes halogenated alkanes) is 4. The summed E-state index contributed by atoms with van der Waals surface area (Å²) < 4.78 is 0. The van der Waals surface area contributed by atoms with Gasteiger partial charge in [0.1, 0.15) is 0 Å². The summed E-state index contributed by atoms with van der Waals surface area (Å²) in [6.07, 6.45) is 12.9. The topological polar surface area (TPSA) is 20.2 Å². The predicted molar refractivity (Wildman–Crippen MR) is 88.7 cm³/mol. The Labute approximate surface area is 124 Å². The maximum Gasteiger partial charge on any atom is 0.0830 e. The van der Waals surface area contributed by atoms with Gasteiger partial charge in [-0.3, -0.25) is 0 Å². The molecule has 1 aromatic carbocycles. The molecule has 0 heterocycles. The molecule has 0 saturated heterocycles. The van der Waals surface area contributed by atoms with E-state index < -0.39 is 5.60 Å². The zero-order valence-corrected chi connectivity index (χ0v) is 13.1. The SMILES string of the molecule is CCCCCC(O)(/C=C/c1ccccc1)CCCCC. The molecule has 0 atom stereocenters. The molecule has 0 aromatic heterocycles. The lowest BCUT2D eigenvalue weighted by atomic mass is 9.89. The molecule has 0 aliphatic heterocycles. The fraction of sp³-hybridized carbons (Fsp3) is 0.579. The zero-order valence-electron chi connectivity index (χ0n) is 13.1. The van der Waals surface area contributed by atoms with Crippen LogP contribution in [-0.4, -0.2) is 10.7 Å². The highest BCUT2D eigenvalue weighted by molar-refractivity contribution is 5.50. The monoisotopic (exact) mass is 274 g/mol. The molecule has 0 spiro atoms. The van der Waals surface area contributed by atoms with Gasteiger partial charge in [0.15, 0.2) is 0 Å². The molecule has 1 aromatic rings. The highest BCUT2D eigenvalue weighted by atomic mass is 16.3.